The highest BCUT2D eigenvalue weighted by Gasteiger charge is 2.28. The first-order chi connectivity index (χ1) is 8.03. The van der Waals surface area contributed by atoms with Crippen LogP contribution in [-0.4, -0.2) is 21.5 Å². The molecule has 0 unspecified atom stereocenters. The van der Waals surface area contributed by atoms with Gasteiger partial charge in [0.15, 0.2) is 0 Å². The average molecular weight is 275 g/mol. The molecule has 0 heterocycles. The Labute approximate surface area is 106 Å². The molecule has 1 aliphatic carbocycles. The molecule has 0 bridgehead atoms. The van der Waals surface area contributed by atoms with Crippen LogP contribution in [0.25, 0.3) is 0 Å². The topological polar surface area (TPSA) is 58.2 Å². The van der Waals surface area contributed by atoms with Crippen molar-refractivity contribution >= 4 is 21.6 Å². The number of hydrogen-bond acceptors (Lipinski definition) is 3. The zero-order valence-electron chi connectivity index (χ0n) is 9.53. The molecule has 6 heteroatoms. The number of halogens is 1. The lowest BCUT2D eigenvalue weighted by Crippen LogP contribution is -2.25. The minimum absolute atomic E-state index is 0.107. The third kappa shape index (κ3) is 3.19. The van der Waals surface area contributed by atoms with Gasteiger partial charge in [0.25, 0.3) is 0 Å². The molecule has 0 amide bonds. The first-order valence-electron chi connectivity index (χ1n) is 5.48. The second kappa shape index (κ2) is 4.94. The van der Waals surface area contributed by atoms with E-state index < -0.39 is 10.0 Å². The summed E-state index contributed by atoms with van der Waals surface area (Å²) in [5.41, 5.74) is 0.888. The third-order valence-corrected chi connectivity index (χ3v) is 4.47. The standard InChI is InChI=1S/C11H15ClN2O2S/c1-13-7-8-2-5-10(6-11(8)12)17(15,16)14-9-3-4-9/h2,5-6,9,13-14H,3-4,7H2,1H3. The molecular weight excluding hydrogens is 260 g/mol. The first-order valence-corrected chi connectivity index (χ1v) is 7.34. The van der Waals surface area contributed by atoms with E-state index in [0.29, 0.717) is 11.6 Å². The van der Waals surface area contributed by atoms with Crippen LogP contribution < -0.4 is 10.0 Å². The Kier molecular flexibility index (Phi) is 3.73. The highest BCUT2D eigenvalue weighted by Crippen LogP contribution is 2.24. The van der Waals surface area contributed by atoms with E-state index in [1.165, 1.54) is 6.07 Å². The number of benzene rings is 1. The third-order valence-electron chi connectivity index (χ3n) is 2.60. The SMILES string of the molecule is CNCc1ccc(S(=O)(=O)NC2CC2)cc1Cl. The Morgan fingerprint density at radius 1 is 1.41 bits per heavy atom. The first kappa shape index (κ1) is 12.8. The van der Waals surface area contributed by atoms with Crippen LogP contribution in [0.1, 0.15) is 18.4 Å². The number of sulfonamides is 1. The van der Waals surface area contributed by atoms with Crippen molar-refractivity contribution in [3.63, 3.8) is 0 Å². The quantitative estimate of drug-likeness (QED) is 0.856. The molecule has 94 valence electrons. The fraction of sp³-hybridized carbons (Fsp3) is 0.455. The van der Waals surface area contributed by atoms with Gasteiger partial charge in [-0.2, -0.15) is 0 Å². The highest BCUT2D eigenvalue weighted by atomic mass is 35.5. The normalized spacial score (nSPS) is 16.1. The Morgan fingerprint density at radius 3 is 2.65 bits per heavy atom. The van der Waals surface area contributed by atoms with E-state index >= 15 is 0 Å². The summed E-state index contributed by atoms with van der Waals surface area (Å²) < 4.78 is 26.5. The van der Waals surface area contributed by atoms with Gasteiger partial charge in [-0.1, -0.05) is 17.7 Å². The molecule has 2 N–H and O–H groups in total. The maximum Gasteiger partial charge on any atom is 0.240 e. The van der Waals surface area contributed by atoms with Crippen LogP contribution in [0.4, 0.5) is 0 Å². The van der Waals surface area contributed by atoms with Crippen LogP contribution in [0, 0.1) is 0 Å². The van der Waals surface area contributed by atoms with Crippen LogP contribution in [0.3, 0.4) is 0 Å². The predicted octanol–water partition coefficient (Wildman–Crippen LogP) is 1.50. The van der Waals surface area contributed by atoms with Crippen molar-refractivity contribution in [2.45, 2.75) is 30.3 Å². The largest absolute Gasteiger partial charge is 0.316 e. The van der Waals surface area contributed by atoms with Crippen LogP contribution in [-0.2, 0) is 16.6 Å². The Balaban J connectivity index is 2.23. The van der Waals surface area contributed by atoms with E-state index in [0.717, 1.165) is 18.4 Å². The summed E-state index contributed by atoms with van der Waals surface area (Å²) in [6.45, 7) is 0.620. The summed E-state index contributed by atoms with van der Waals surface area (Å²) in [6, 6.07) is 4.93. The van der Waals surface area contributed by atoms with Crippen LogP contribution in [0.5, 0.6) is 0 Å². The molecule has 1 aromatic carbocycles. The minimum Gasteiger partial charge on any atom is -0.316 e. The van der Waals surface area contributed by atoms with E-state index in [1.54, 1.807) is 12.1 Å². The van der Waals surface area contributed by atoms with Crippen molar-refractivity contribution in [2.75, 3.05) is 7.05 Å². The molecule has 0 saturated heterocycles. The van der Waals surface area contributed by atoms with Gasteiger partial charge in [0.05, 0.1) is 4.90 Å². The number of hydrogen-bond donors (Lipinski definition) is 2. The maximum atomic E-state index is 11.9. The molecule has 2 rings (SSSR count). The molecule has 0 aromatic heterocycles. The van der Waals surface area contributed by atoms with Crippen LogP contribution in [0.15, 0.2) is 23.1 Å². The highest BCUT2D eigenvalue weighted by molar-refractivity contribution is 7.89. The van der Waals surface area contributed by atoms with E-state index in [4.69, 9.17) is 11.6 Å². The van der Waals surface area contributed by atoms with Crippen LogP contribution in [0.2, 0.25) is 5.02 Å². The van der Waals surface area contributed by atoms with E-state index in [-0.39, 0.29) is 10.9 Å². The van der Waals surface area contributed by atoms with Crippen molar-refractivity contribution in [2.24, 2.45) is 0 Å². The van der Waals surface area contributed by atoms with Crippen molar-refractivity contribution in [3.8, 4) is 0 Å². The molecular formula is C11H15ClN2O2S. The lowest BCUT2D eigenvalue weighted by atomic mass is 10.2. The summed E-state index contributed by atoms with van der Waals surface area (Å²) in [7, 11) is -1.59. The summed E-state index contributed by atoms with van der Waals surface area (Å²) in [5.74, 6) is 0. The lowest BCUT2D eigenvalue weighted by Gasteiger charge is -2.08. The minimum atomic E-state index is -3.41. The summed E-state index contributed by atoms with van der Waals surface area (Å²) in [4.78, 5) is 0.231. The summed E-state index contributed by atoms with van der Waals surface area (Å²) >= 11 is 6.03. The number of rotatable bonds is 5. The zero-order chi connectivity index (χ0) is 12.5. The fourth-order valence-corrected chi connectivity index (χ4v) is 3.16. The number of nitrogens with one attached hydrogen (secondary N) is 2. The molecule has 0 radical (unpaired) electrons. The Hall–Kier alpha value is -0.620. The second-order valence-corrected chi connectivity index (χ2v) is 6.30. The van der Waals surface area contributed by atoms with E-state index in [2.05, 4.69) is 10.0 Å². The van der Waals surface area contributed by atoms with Gasteiger partial charge >= 0.3 is 0 Å². The van der Waals surface area contributed by atoms with Crippen molar-refractivity contribution in [1.82, 2.24) is 10.0 Å². The predicted molar refractivity (Wildman–Crippen MR) is 67.6 cm³/mol. The molecule has 0 aliphatic heterocycles. The van der Waals surface area contributed by atoms with Crippen molar-refractivity contribution < 1.29 is 8.42 Å². The van der Waals surface area contributed by atoms with Gasteiger partial charge in [0.2, 0.25) is 10.0 Å². The van der Waals surface area contributed by atoms with Gasteiger partial charge in [0, 0.05) is 17.6 Å². The molecule has 4 nitrogen and oxygen atoms in total. The molecule has 0 spiro atoms. The lowest BCUT2D eigenvalue weighted by molar-refractivity contribution is 0.581. The van der Waals surface area contributed by atoms with Crippen LogP contribution >= 0.6 is 11.6 Å². The zero-order valence-corrected chi connectivity index (χ0v) is 11.1. The average Bonchev–Trinajstić information content (AvgIpc) is 3.04. The molecule has 1 fully saturated rings. The Morgan fingerprint density at radius 2 is 2.12 bits per heavy atom. The fourth-order valence-electron chi connectivity index (χ4n) is 1.52. The smallest absolute Gasteiger partial charge is 0.240 e. The van der Waals surface area contributed by atoms with Gasteiger partial charge in [-0.05, 0) is 37.6 Å². The summed E-state index contributed by atoms with van der Waals surface area (Å²) in [6.07, 6.45) is 1.84. The molecule has 1 saturated carbocycles. The monoisotopic (exact) mass is 274 g/mol. The van der Waals surface area contributed by atoms with Crippen molar-refractivity contribution in [1.29, 1.82) is 0 Å². The van der Waals surface area contributed by atoms with Gasteiger partial charge in [-0.3, -0.25) is 0 Å². The molecule has 17 heavy (non-hydrogen) atoms. The van der Waals surface area contributed by atoms with E-state index in [9.17, 15) is 8.42 Å². The molecule has 1 aliphatic rings. The molecule has 1 aromatic rings. The molecule has 0 atom stereocenters. The van der Waals surface area contributed by atoms with Gasteiger partial charge in [-0.25, -0.2) is 13.1 Å². The van der Waals surface area contributed by atoms with Gasteiger partial charge in [-0.15, -0.1) is 0 Å². The van der Waals surface area contributed by atoms with E-state index in [1.807, 2.05) is 7.05 Å². The van der Waals surface area contributed by atoms with Gasteiger partial charge < -0.3 is 5.32 Å². The second-order valence-electron chi connectivity index (χ2n) is 4.18. The maximum absolute atomic E-state index is 11.9. The Bertz CT molecular complexity index is 512. The summed E-state index contributed by atoms with van der Waals surface area (Å²) in [5, 5.41) is 3.45. The van der Waals surface area contributed by atoms with Crippen molar-refractivity contribution in [3.05, 3.63) is 28.8 Å². The van der Waals surface area contributed by atoms with Gasteiger partial charge in [0.1, 0.15) is 0 Å².